The van der Waals surface area contributed by atoms with E-state index in [1.54, 1.807) is 0 Å². The SMILES string of the molecule is Cc1ccc(NC(=O)Cn2nc3c4sc(N5CCCCC5)nc4ncn3c2=O)c(C)c1. The summed E-state index contributed by atoms with van der Waals surface area (Å²) in [6.45, 7) is 5.73. The van der Waals surface area contributed by atoms with Gasteiger partial charge in [-0.1, -0.05) is 29.0 Å². The van der Waals surface area contributed by atoms with Crippen LogP contribution in [0.25, 0.3) is 16.0 Å². The lowest BCUT2D eigenvalue weighted by Crippen LogP contribution is -2.29. The number of hydrogen-bond acceptors (Lipinski definition) is 7. The molecule has 0 aliphatic carbocycles. The molecule has 1 saturated heterocycles. The second-order valence-electron chi connectivity index (χ2n) is 7.94. The Bertz CT molecular complexity index is 1350. The normalized spacial score (nSPS) is 14.5. The fourth-order valence-electron chi connectivity index (χ4n) is 3.93. The summed E-state index contributed by atoms with van der Waals surface area (Å²) in [5.74, 6) is -0.306. The van der Waals surface area contributed by atoms with E-state index in [2.05, 4.69) is 25.3 Å². The third-order valence-electron chi connectivity index (χ3n) is 5.54. The smallest absolute Gasteiger partial charge is 0.348 e. The van der Waals surface area contributed by atoms with Crippen LogP contribution in [0.15, 0.2) is 29.3 Å². The Morgan fingerprint density at radius 1 is 1.19 bits per heavy atom. The fraction of sp³-hybridized carbons (Fsp3) is 0.381. The minimum Gasteiger partial charge on any atom is -0.348 e. The molecular formula is C21H23N7O2S. The van der Waals surface area contributed by atoms with E-state index in [0.717, 1.165) is 52.6 Å². The number of piperidine rings is 1. The number of thiazole rings is 1. The fourth-order valence-corrected chi connectivity index (χ4v) is 4.98. The Hall–Kier alpha value is -3.27. The minimum absolute atomic E-state index is 0.174. The van der Waals surface area contributed by atoms with E-state index < -0.39 is 5.69 Å². The van der Waals surface area contributed by atoms with Crippen molar-refractivity contribution in [2.75, 3.05) is 23.3 Å². The van der Waals surface area contributed by atoms with Crippen LogP contribution < -0.4 is 15.9 Å². The zero-order valence-electron chi connectivity index (χ0n) is 17.5. The molecule has 10 heteroatoms. The first-order valence-electron chi connectivity index (χ1n) is 10.4. The molecule has 1 aliphatic heterocycles. The van der Waals surface area contributed by atoms with Crippen molar-refractivity contribution in [3.63, 3.8) is 0 Å². The number of fused-ring (bicyclic) bond motifs is 3. The highest BCUT2D eigenvalue weighted by molar-refractivity contribution is 7.22. The summed E-state index contributed by atoms with van der Waals surface area (Å²) in [6.07, 6.45) is 4.99. The molecule has 160 valence electrons. The second-order valence-corrected chi connectivity index (χ2v) is 8.92. The van der Waals surface area contributed by atoms with E-state index >= 15 is 0 Å². The van der Waals surface area contributed by atoms with Crippen LogP contribution in [0.2, 0.25) is 0 Å². The van der Waals surface area contributed by atoms with Crippen LogP contribution in [-0.4, -0.2) is 43.1 Å². The number of aryl methyl sites for hydroxylation is 2. The molecule has 1 N–H and O–H groups in total. The number of benzene rings is 1. The van der Waals surface area contributed by atoms with Gasteiger partial charge in [0.2, 0.25) is 5.91 Å². The summed E-state index contributed by atoms with van der Waals surface area (Å²) in [5.41, 5.74) is 3.48. The Labute approximate surface area is 182 Å². The van der Waals surface area contributed by atoms with Crippen molar-refractivity contribution >= 4 is 44.1 Å². The van der Waals surface area contributed by atoms with Crippen molar-refractivity contribution in [2.45, 2.75) is 39.7 Å². The van der Waals surface area contributed by atoms with Crippen molar-refractivity contribution in [1.82, 2.24) is 24.1 Å². The first-order valence-corrected chi connectivity index (χ1v) is 11.2. The van der Waals surface area contributed by atoms with Crippen molar-refractivity contribution in [3.8, 4) is 0 Å². The van der Waals surface area contributed by atoms with Gasteiger partial charge in [-0.2, -0.15) is 4.98 Å². The van der Waals surface area contributed by atoms with Gasteiger partial charge in [-0.05, 0) is 44.7 Å². The summed E-state index contributed by atoms with van der Waals surface area (Å²) >= 11 is 1.50. The molecule has 3 aromatic heterocycles. The molecule has 0 radical (unpaired) electrons. The summed E-state index contributed by atoms with van der Waals surface area (Å²) in [6, 6.07) is 5.80. The number of rotatable bonds is 4. The number of nitrogens with zero attached hydrogens (tertiary/aromatic N) is 6. The Morgan fingerprint density at radius 2 is 2.00 bits per heavy atom. The summed E-state index contributed by atoms with van der Waals surface area (Å²) in [4.78, 5) is 36.6. The van der Waals surface area contributed by atoms with Gasteiger partial charge in [0, 0.05) is 18.8 Å². The van der Waals surface area contributed by atoms with Crippen molar-refractivity contribution in [1.29, 1.82) is 0 Å². The monoisotopic (exact) mass is 437 g/mol. The maximum absolute atomic E-state index is 12.8. The molecule has 1 fully saturated rings. The zero-order chi connectivity index (χ0) is 21.5. The maximum atomic E-state index is 12.8. The highest BCUT2D eigenvalue weighted by Crippen LogP contribution is 2.31. The van der Waals surface area contributed by atoms with E-state index in [9.17, 15) is 9.59 Å². The van der Waals surface area contributed by atoms with Crippen LogP contribution in [0.1, 0.15) is 30.4 Å². The molecule has 0 atom stereocenters. The van der Waals surface area contributed by atoms with E-state index in [1.165, 1.54) is 33.2 Å². The van der Waals surface area contributed by atoms with Crippen LogP contribution in [0.4, 0.5) is 10.8 Å². The first-order chi connectivity index (χ1) is 15.0. The van der Waals surface area contributed by atoms with Gasteiger partial charge in [-0.3, -0.25) is 4.79 Å². The topological polar surface area (TPSA) is 97.4 Å². The van der Waals surface area contributed by atoms with E-state index in [4.69, 9.17) is 0 Å². The molecule has 31 heavy (non-hydrogen) atoms. The van der Waals surface area contributed by atoms with Gasteiger partial charge in [0.05, 0.1) is 0 Å². The number of nitrogens with one attached hydrogen (secondary N) is 1. The molecule has 9 nitrogen and oxygen atoms in total. The van der Waals surface area contributed by atoms with Crippen LogP contribution in [0, 0.1) is 13.8 Å². The molecular weight excluding hydrogens is 414 g/mol. The van der Waals surface area contributed by atoms with Crippen molar-refractivity contribution in [3.05, 3.63) is 46.1 Å². The molecule has 1 aliphatic rings. The first kappa shape index (κ1) is 19.7. The molecule has 0 saturated carbocycles. The van der Waals surface area contributed by atoms with Gasteiger partial charge < -0.3 is 10.2 Å². The van der Waals surface area contributed by atoms with Gasteiger partial charge in [-0.15, -0.1) is 5.10 Å². The lowest BCUT2D eigenvalue weighted by atomic mass is 10.1. The standard InChI is InChI=1S/C21H23N7O2S/c1-13-6-7-15(14(2)10-13)23-16(29)11-28-21(30)27-12-22-18-17(19(27)25-28)31-20(24-18)26-8-4-3-5-9-26/h6-7,10,12H,3-5,8-9,11H2,1-2H3,(H,23,29). The second kappa shape index (κ2) is 7.77. The number of anilines is 2. The number of carbonyl (C=O) groups is 1. The molecule has 5 rings (SSSR count). The van der Waals surface area contributed by atoms with Gasteiger partial charge in [0.15, 0.2) is 16.4 Å². The lowest BCUT2D eigenvalue weighted by Gasteiger charge is -2.25. The van der Waals surface area contributed by atoms with E-state index in [-0.39, 0.29) is 12.5 Å². The number of aromatic nitrogens is 5. The number of amides is 1. The molecule has 0 unspecified atom stereocenters. The van der Waals surface area contributed by atoms with Crippen LogP contribution in [-0.2, 0) is 11.3 Å². The number of hydrogen-bond donors (Lipinski definition) is 1. The van der Waals surface area contributed by atoms with Crippen molar-refractivity contribution in [2.24, 2.45) is 0 Å². The predicted molar refractivity (Wildman–Crippen MR) is 121 cm³/mol. The molecule has 1 aromatic carbocycles. The molecule has 4 heterocycles. The average Bonchev–Trinajstić information content (AvgIpc) is 3.33. The van der Waals surface area contributed by atoms with Crippen LogP contribution in [0.3, 0.4) is 0 Å². The minimum atomic E-state index is -0.395. The molecule has 0 spiro atoms. The quantitative estimate of drug-likeness (QED) is 0.527. The van der Waals surface area contributed by atoms with Gasteiger partial charge in [0.1, 0.15) is 17.6 Å². The molecule has 1 amide bonds. The largest absolute Gasteiger partial charge is 0.352 e. The molecule has 4 aromatic rings. The molecule has 0 bridgehead atoms. The summed E-state index contributed by atoms with van der Waals surface area (Å²) in [7, 11) is 0. The summed E-state index contributed by atoms with van der Waals surface area (Å²) in [5, 5.41) is 8.20. The Kier molecular flexibility index (Phi) is 4.93. The lowest BCUT2D eigenvalue weighted by molar-refractivity contribution is -0.117. The Morgan fingerprint density at radius 3 is 2.77 bits per heavy atom. The van der Waals surface area contributed by atoms with Crippen LogP contribution >= 0.6 is 11.3 Å². The van der Waals surface area contributed by atoms with Gasteiger partial charge >= 0.3 is 5.69 Å². The third kappa shape index (κ3) is 3.67. The van der Waals surface area contributed by atoms with E-state index in [1.807, 2.05) is 32.0 Å². The average molecular weight is 438 g/mol. The highest BCUT2D eigenvalue weighted by Gasteiger charge is 2.20. The zero-order valence-corrected chi connectivity index (χ0v) is 18.3. The highest BCUT2D eigenvalue weighted by atomic mass is 32.1. The summed E-state index contributed by atoms with van der Waals surface area (Å²) < 4.78 is 3.31. The van der Waals surface area contributed by atoms with Crippen molar-refractivity contribution < 1.29 is 4.79 Å². The number of carbonyl (C=O) groups excluding carboxylic acids is 1. The third-order valence-corrected chi connectivity index (χ3v) is 6.64. The Balaban J connectivity index is 1.44. The van der Waals surface area contributed by atoms with Crippen LogP contribution in [0.5, 0.6) is 0 Å². The van der Waals surface area contributed by atoms with Gasteiger partial charge in [0.25, 0.3) is 0 Å². The maximum Gasteiger partial charge on any atom is 0.352 e. The van der Waals surface area contributed by atoms with Gasteiger partial charge in [-0.25, -0.2) is 18.9 Å². The predicted octanol–water partition coefficient (Wildman–Crippen LogP) is 2.75. The van der Waals surface area contributed by atoms with E-state index in [0.29, 0.717) is 11.3 Å².